The summed E-state index contributed by atoms with van der Waals surface area (Å²) in [4.78, 5) is 27.0. The summed E-state index contributed by atoms with van der Waals surface area (Å²) in [5.41, 5.74) is 0. The molecule has 194 valence electrons. The number of nitrogens with one attached hydrogen (secondary N) is 2. The fourth-order valence-electron chi connectivity index (χ4n) is 4.40. The first-order valence-corrected chi connectivity index (χ1v) is 15.5. The third-order valence-corrected chi connectivity index (χ3v) is 8.64. The molecule has 6 N–H and O–H groups in total. The Morgan fingerprint density at radius 3 is 2.25 bits per heavy atom. The van der Waals surface area contributed by atoms with Gasteiger partial charge in [-0.1, -0.05) is 48.5 Å². The Balaban J connectivity index is 1.26. The summed E-state index contributed by atoms with van der Waals surface area (Å²) in [5.74, 6) is 0. The Morgan fingerprint density at radius 2 is 1.53 bits per heavy atom. The zero-order valence-corrected chi connectivity index (χ0v) is 21.7. The summed E-state index contributed by atoms with van der Waals surface area (Å²) in [5, 5.41) is 18.9. The van der Waals surface area contributed by atoms with Crippen LogP contribution in [-0.4, -0.2) is 75.7 Å². The molecule has 0 radical (unpaired) electrons. The van der Waals surface area contributed by atoms with Crippen molar-refractivity contribution in [3.8, 4) is 0 Å². The van der Waals surface area contributed by atoms with E-state index in [-0.39, 0.29) is 37.2 Å². The summed E-state index contributed by atoms with van der Waals surface area (Å²) in [7, 11) is -7.75. The maximum absolute atomic E-state index is 13.1. The molecule has 4 aromatic carbocycles. The fourth-order valence-corrected chi connectivity index (χ4v) is 6.29. The average Bonchev–Trinajstić information content (AvgIpc) is 2.83. The van der Waals surface area contributed by atoms with Crippen molar-refractivity contribution in [1.29, 1.82) is 0 Å². The second-order valence-electron chi connectivity index (χ2n) is 8.98. The lowest BCUT2D eigenvalue weighted by Crippen LogP contribution is -2.35. The molecule has 0 amide bonds. The molecule has 0 aromatic heterocycles. The minimum atomic E-state index is -4.04. The highest BCUT2D eigenvalue weighted by atomic mass is 32.2. The molecule has 36 heavy (non-hydrogen) atoms. The first kappa shape index (κ1) is 26.9. The Hall–Kier alpha value is -2.19. The van der Waals surface area contributed by atoms with Crippen LogP contribution in [0.25, 0.3) is 32.3 Å². The largest absolute Gasteiger partial charge is 0.492 e. The Kier molecular flexibility index (Phi) is 8.55. The lowest BCUT2D eigenvalue weighted by molar-refractivity contribution is 0.0363. The summed E-state index contributed by atoms with van der Waals surface area (Å²) in [6.07, 6.45) is 0.0787. The van der Waals surface area contributed by atoms with Gasteiger partial charge in [-0.3, -0.25) is 0 Å². The number of hydrogen-bond donors (Lipinski definition) is 6. The van der Waals surface area contributed by atoms with Crippen LogP contribution < -0.4 is 10.0 Å². The molecule has 1 atom stereocenters. The minimum Gasteiger partial charge on any atom is -0.390 e. The van der Waals surface area contributed by atoms with Crippen LogP contribution >= 0.6 is 0 Å². The number of hydrogen-bond acceptors (Lipinski definition) is 8. The minimum absolute atomic E-state index is 0.0745. The van der Waals surface area contributed by atoms with Gasteiger partial charge in [0.2, 0.25) is 10.0 Å². The van der Waals surface area contributed by atoms with E-state index < -0.39 is 24.9 Å². The molecule has 9 nitrogen and oxygen atoms in total. The monoisotopic (exact) mass is 532 g/mol. The number of benzene rings is 4. The van der Waals surface area contributed by atoms with Crippen LogP contribution in [-0.2, 0) is 14.8 Å². The van der Waals surface area contributed by atoms with E-state index in [0.717, 1.165) is 26.9 Å². The van der Waals surface area contributed by atoms with Crippen molar-refractivity contribution in [3.05, 3.63) is 54.6 Å². The zero-order valence-electron chi connectivity index (χ0n) is 19.9. The number of aliphatic hydroxyl groups excluding tert-OH is 1. The van der Waals surface area contributed by atoms with Gasteiger partial charge in [-0.15, -0.1) is 0 Å². The van der Waals surface area contributed by atoms with Crippen LogP contribution in [0.1, 0.15) is 12.8 Å². The molecule has 0 aliphatic rings. The Bertz CT molecular complexity index is 1390. The van der Waals surface area contributed by atoms with Crippen molar-refractivity contribution in [2.75, 3.05) is 32.8 Å². The van der Waals surface area contributed by atoms with E-state index in [2.05, 4.69) is 16.1 Å². The molecule has 0 aliphatic carbocycles. The van der Waals surface area contributed by atoms with Crippen molar-refractivity contribution in [2.24, 2.45) is 0 Å². The molecular weight excluding hydrogens is 500 g/mol. The summed E-state index contributed by atoms with van der Waals surface area (Å²) < 4.78 is 34.2. The van der Waals surface area contributed by atoms with Crippen LogP contribution in [0.5, 0.6) is 0 Å². The van der Waals surface area contributed by atoms with Gasteiger partial charge in [0.15, 0.2) is 0 Å². The number of ether oxygens (including phenoxy) is 1. The predicted molar refractivity (Wildman–Crippen MR) is 141 cm³/mol. The summed E-state index contributed by atoms with van der Waals surface area (Å²) >= 11 is 0. The SMILES string of the molecule is O=S(=O)(NCCCNCC(O)COCCC[Si](O)(O)O)c1ccc2ccc3cccc4ccc1c2c34. The predicted octanol–water partition coefficient (Wildman–Crippen LogP) is 1.53. The third kappa shape index (κ3) is 6.57. The molecule has 0 bridgehead atoms. The molecule has 4 aromatic rings. The van der Waals surface area contributed by atoms with Gasteiger partial charge in [0, 0.05) is 31.1 Å². The quantitative estimate of drug-likeness (QED) is 0.0814. The molecule has 0 aliphatic heterocycles. The summed E-state index contributed by atoms with van der Waals surface area (Å²) in [6.45, 7) is 1.31. The second-order valence-corrected chi connectivity index (χ2v) is 12.8. The van der Waals surface area contributed by atoms with Crippen LogP contribution in [0.4, 0.5) is 0 Å². The highest BCUT2D eigenvalue weighted by Crippen LogP contribution is 2.37. The van der Waals surface area contributed by atoms with Crippen molar-refractivity contribution in [3.63, 3.8) is 0 Å². The molecule has 0 heterocycles. The van der Waals surface area contributed by atoms with Crippen molar-refractivity contribution < 1.29 is 32.6 Å². The van der Waals surface area contributed by atoms with Crippen LogP contribution in [0.2, 0.25) is 6.04 Å². The van der Waals surface area contributed by atoms with Crippen LogP contribution in [0.15, 0.2) is 59.5 Å². The lowest BCUT2D eigenvalue weighted by Gasteiger charge is -2.15. The fraction of sp³-hybridized carbons (Fsp3) is 0.360. The van der Waals surface area contributed by atoms with Crippen LogP contribution in [0, 0.1) is 0 Å². The third-order valence-electron chi connectivity index (χ3n) is 6.09. The first-order chi connectivity index (χ1) is 17.2. The molecule has 0 spiro atoms. The van der Waals surface area contributed by atoms with E-state index in [0.29, 0.717) is 24.8 Å². The molecular formula is C25H32N2O7SSi. The normalized spacial score (nSPS) is 13.8. The average molecular weight is 533 g/mol. The standard InChI is InChI=1S/C25H32N2O7SSi/c28-21(17-34-14-3-15-36(31,32)33)16-26-12-2-13-27-35(29,30)23-11-9-20-7-6-18-4-1-5-19-8-10-22(23)25(20)24(18)19/h1,4-11,21,26-28,31-33H,2-3,12-17H2. The lowest BCUT2D eigenvalue weighted by atomic mass is 9.94. The van der Waals surface area contributed by atoms with Gasteiger partial charge in [0.25, 0.3) is 0 Å². The number of sulfonamides is 1. The topological polar surface area (TPSA) is 148 Å². The molecule has 0 saturated heterocycles. The second kappa shape index (κ2) is 11.5. The van der Waals surface area contributed by atoms with E-state index in [9.17, 15) is 13.5 Å². The van der Waals surface area contributed by atoms with E-state index in [1.807, 2.05) is 42.5 Å². The maximum atomic E-state index is 13.1. The maximum Gasteiger partial charge on any atom is 0.492 e. The van der Waals surface area contributed by atoms with Gasteiger partial charge in [0.1, 0.15) is 0 Å². The summed E-state index contributed by atoms with van der Waals surface area (Å²) in [6, 6.07) is 17.4. The van der Waals surface area contributed by atoms with Gasteiger partial charge in [-0.05, 0) is 52.4 Å². The van der Waals surface area contributed by atoms with Gasteiger partial charge in [-0.25, -0.2) is 13.1 Å². The highest BCUT2D eigenvalue weighted by Gasteiger charge is 2.25. The Labute approximate surface area is 211 Å². The van der Waals surface area contributed by atoms with Gasteiger partial charge < -0.3 is 29.5 Å². The molecule has 1 unspecified atom stereocenters. The number of rotatable bonds is 14. The smallest absolute Gasteiger partial charge is 0.390 e. The van der Waals surface area contributed by atoms with Crippen molar-refractivity contribution in [2.45, 2.75) is 29.9 Å². The molecule has 0 saturated carbocycles. The van der Waals surface area contributed by atoms with Crippen LogP contribution in [0.3, 0.4) is 0 Å². The van der Waals surface area contributed by atoms with Gasteiger partial charge in [-0.2, -0.15) is 0 Å². The van der Waals surface area contributed by atoms with Crippen molar-refractivity contribution >= 4 is 51.1 Å². The Morgan fingerprint density at radius 1 is 0.861 bits per heavy atom. The molecule has 4 rings (SSSR count). The zero-order chi connectivity index (χ0) is 25.8. The van der Waals surface area contributed by atoms with E-state index in [1.165, 1.54) is 0 Å². The van der Waals surface area contributed by atoms with E-state index in [4.69, 9.17) is 19.1 Å². The first-order valence-electron chi connectivity index (χ1n) is 12.0. The van der Waals surface area contributed by atoms with E-state index in [1.54, 1.807) is 6.07 Å². The number of aliphatic hydroxyl groups is 1. The van der Waals surface area contributed by atoms with Gasteiger partial charge >= 0.3 is 8.80 Å². The highest BCUT2D eigenvalue weighted by molar-refractivity contribution is 7.89. The molecule has 11 heteroatoms. The van der Waals surface area contributed by atoms with Crippen molar-refractivity contribution in [1.82, 2.24) is 10.0 Å². The van der Waals surface area contributed by atoms with Gasteiger partial charge in [0.05, 0.1) is 17.6 Å². The van der Waals surface area contributed by atoms with E-state index >= 15 is 0 Å². The molecule has 0 fully saturated rings.